The molecule has 2 aromatic rings. The first-order valence-corrected chi connectivity index (χ1v) is 9.85. The van der Waals surface area contributed by atoms with Crippen molar-refractivity contribution in [3.05, 3.63) is 65.2 Å². The van der Waals surface area contributed by atoms with Crippen LogP contribution >= 0.6 is 0 Å². The van der Waals surface area contributed by atoms with Crippen molar-refractivity contribution in [3.63, 3.8) is 0 Å². The van der Waals surface area contributed by atoms with Gasteiger partial charge in [0.2, 0.25) is 5.91 Å². The van der Waals surface area contributed by atoms with E-state index >= 15 is 0 Å². The zero-order chi connectivity index (χ0) is 22.4. The second-order valence-electron chi connectivity index (χ2n) is 7.23. The summed E-state index contributed by atoms with van der Waals surface area (Å²) in [6, 6.07) is 11.7. The van der Waals surface area contributed by atoms with Crippen molar-refractivity contribution in [2.75, 3.05) is 39.8 Å². The Kier molecular flexibility index (Phi) is 7.17. The van der Waals surface area contributed by atoms with E-state index in [0.29, 0.717) is 38.5 Å². The third kappa shape index (κ3) is 5.97. The molecule has 0 bridgehead atoms. The molecule has 166 valence electrons. The number of hydrogen-bond donors (Lipinski definition) is 1. The van der Waals surface area contributed by atoms with Gasteiger partial charge < -0.3 is 15.0 Å². The van der Waals surface area contributed by atoms with Crippen LogP contribution in [0, 0.1) is 0 Å². The van der Waals surface area contributed by atoms with Crippen molar-refractivity contribution < 1.29 is 27.5 Å². The number of nitrogens with zero attached hydrogens (tertiary/aromatic N) is 2. The van der Waals surface area contributed by atoms with E-state index in [-0.39, 0.29) is 23.9 Å². The fourth-order valence-corrected chi connectivity index (χ4v) is 3.40. The van der Waals surface area contributed by atoms with Gasteiger partial charge in [0.25, 0.3) is 5.91 Å². The van der Waals surface area contributed by atoms with Crippen molar-refractivity contribution in [1.29, 1.82) is 0 Å². The maximum absolute atomic E-state index is 12.7. The minimum Gasteiger partial charge on any atom is -0.496 e. The van der Waals surface area contributed by atoms with Crippen LogP contribution in [0.4, 0.5) is 13.2 Å². The van der Waals surface area contributed by atoms with Crippen molar-refractivity contribution in [2.45, 2.75) is 12.7 Å². The first kappa shape index (κ1) is 22.6. The number of rotatable bonds is 6. The molecule has 0 atom stereocenters. The third-order valence-corrected chi connectivity index (χ3v) is 5.15. The molecule has 1 saturated heterocycles. The van der Waals surface area contributed by atoms with Gasteiger partial charge in [0.15, 0.2) is 0 Å². The Morgan fingerprint density at radius 2 is 1.65 bits per heavy atom. The van der Waals surface area contributed by atoms with Crippen LogP contribution < -0.4 is 10.1 Å². The van der Waals surface area contributed by atoms with Gasteiger partial charge in [-0.3, -0.25) is 14.5 Å². The molecule has 0 aromatic heterocycles. The molecule has 0 radical (unpaired) electrons. The number of ether oxygens (including phenoxy) is 1. The second kappa shape index (κ2) is 9.82. The SMILES string of the molecule is COc1ccccc1CNC(=O)CN1CCN(C(=O)c2ccc(C(F)(F)F)cc2)CC1. The summed E-state index contributed by atoms with van der Waals surface area (Å²) in [5.41, 5.74) is 0.314. The lowest BCUT2D eigenvalue weighted by molar-refractivity contribution is -0.137. The van der Waals surface area contributed by atoms with Crippen LogP contribution in [0.1, 0.15) is 21.5 Å². The summed E-state index contributed by atoms with van der Waals surface area (Å²) < 4.78 is 43.3. The molecule has 3 rings (SSSR count). The quantitative estimate of drug-likeness (QED) is 0.758. The molecule has 6 nitrogen and oxygen atoms in total. The van der Waals surface area contributed by atoms with Gasteiger partial charge in [0.1, 0.15) is 5.75 Å². The van der Waals surface area contributed by atoms with Gasteiger partial charge in [0.05, 0.1) is 19.2 Å². The number of benzene rings is 2. The normalized spacial score (nSPS) is 14.9. The average molecular weight is 435 g/mol. The van der Waals surface area contributed by atoms with Crippen LogP contribution in [-0.2, 0) is 17.5 Å². The molecule has 1 fully saturated rings. The number of nitrogens with one attached hydrogen (secondary N) is 1. The molecular formula is C22H24F3N3O3. The van der Waals surface area contributed by atoms with Crippen LogP contribution in [0.15, 0.2) is 48.5 Å². The number of methoxy groups -OCH3 is 1. The van der Waals surface area contributed by atoms with E-state index < -0.39 is 11.7 Å². The highest BCUT2D eigenvalue weighted by Gasteiger charge is 2.30. The molecular weight excluding hydrogens is 411 g/mol. The average Bonchev–Trinajstić information content (AvgIpc) is 2.77. The van der Waals surface area contributed by atoms with E-state index in [1.807, 2.05) is 29.2 Å². The van der Waals surface area contributed by atoms with Gasteiger partial charge in [0, 0.05) is 43.9 Å². The number of amides is 2. The molecule has 1 aliphatic rings. The summed E-state index contributed by atoms with van der Waals surface area (Å²) >= 11 is 0. The Hall–Kier alpha value is -3.07. The number of hydrogen-bond acceptors (Lipinski definition) is 4. The molecule has 1 N–H and O–H groups in total. The largest absolute Gasteiger partial charge is 0.496 e. The monoisotopic (exact) mass is 435 g/mol. The van der Waals surface area contributed by atoms with Crippen LogP contribution in [0.25, 0.3) is 0 Å². The number of halogens is 3. The summed E-state index contributed by atoms with van der Waals surface area (Å²) in [6.45, 7) is 2.38. The van der Waals surface area contributed by atoms with Crippen molar-refractivity contribution in [1.82, 2.24) is 15.1 Å². The molecule has 0 saturated carbocycles. The zero-order valence-corrected chi connectivity index (χ0v) is 17.1. The number of alkyl halides is 3. The fraction of sp³-hybridized carbons (Fsp3) is 0.364. The van der Waals surface area contributed by atoms with Gasteiger partial charge in [-0.2, -0.15) is 13.2 Å². The summed E-state index contributed by atoms with van der Waals surface area (Å²) in [5.74, 6) is 0.264. The highest BCUT2D eigenvalue weighted by atomic mass is 19.4. The second-order valence-corrected chi connectivity index (χ2v) is 7.23. The van der Waals surface area contributed by atoms with Gasteiger partial charge in [-0.05, 0) is 30.3 Å². The molecule has 2 aromatic carbocycles. The Bertz CT molecular complexity index is 908. The summed E-state index contributed by atoms with van der Waals surface area (Å²) in [4.78, 5) is 28.3. The Balaban J connectivity index is 1.45. The van der Waals surface area contributed by atoms with Crippen molar-refractivity contribution in [3.8, 4) is 5.75 Å². The summed E-state index contributed by atoms with van der Waals surface area (Å²) in [5, 5.41) is 2.87. The highest BCUT2D eigenvalue weighted by molar-refractivity contribution is 5.94. The standard InChI is InChI=1S/C22H24F3N3O3/c1-31-19-5-3-2-4-17(19)14-26-20(29)15-27-10-12-28(13-11-27)21(30)16-6-8-18(9-7-16)22(23,24)25/h2-9H,10-15H2,1H3,(H,26,29). The van der Waals surface area contributed by atoms with E-state index in [9.17, 15) is 22.8 Å². The van der Waals surface area contributed by atoms with E-state index in [1.54, 1.807) is 12.0 Å². The number of para-hydroxylation sites is 1. The Morgan fingerprint density at radius 1 is 1.00 bits per heavy atom. The predicted molar refractivity (Wildman–Crippen MR) is 109 cm³/mol. The highest BCUT2D eigenvalue weighted by Crippen LogP contribution is 2.29. The molecule has 9 heteroatoms. The third-order valence-electron chi connectivity index (χ3n) is 5.15. The van der Waals surface area contributed by atoms with Gasteiger partial charge >= 0.3 is 6.18 Å². The molecule has 0 unspecified atom stereocenters. The number of carbonyl (C=O) groups excluding carboxylic acids is 2. The Labute approximate surface area is 178 Å². The maximum Gasteiger partial charge on any atom is 0.416 e. The van der Waals surface area contributed by atoms with Crippen LogP contribution in [0.2, 0.25) is 0 Å². The van der Waals surface area contributed by atoms with Crippen molar-refractivity contribution in [2.24, 2.45) is 0 Å². The minimum absolute atomic E-state index is 0.131. The van der Waals surface area contributed by atoms with Crippen LogP contribution in [0.3, 0.4) is 0 Å². The van der Waals surface area contributed by atoms with Crippen LogP contribution in [-0.4, -0.2) is 61.4 Å². The Morgan fingerprint density at radius 3 is 2.26 bits per heavy atom. The summed E-state index contributed by atoms with van der Waals surface area (Å²) in [6.07, 6.45) is -4.43. The van der Waals surface area contributed by atoms with Gasteiger partial charge in [-0.15, -0.1) is 0 Å². The van der Waals surface area contributed by atoms with Gasteiger partial charge in [-0.1, -0.05) is 18.2 Å². The minimum atomic E-state index is -4.43. The van der Waals surface area contributed by atoms with E-state index in [1.165, 1.54) is 12.1 Å². The van der Waals surface area contributed by atoms with Gasteiger partial charge in [-0.25, -0.2) is 0 Å². The molecule has 1 heterocycles. The lowest BCUT2D eigenvalue weighted by Crippen LogP contribution is -2.51. The zero-order valence-electron chi connectivity index (χ0n) is 17.1. The lowest BCUT2D eigenvalue weighted by Gasteiger charge is -2.34. The van der Waals surface area contributed by atoms with E-state index in [2.05, 4.69) is 5.32 Å². The molecule has 0 aliphatic carbocycles. The number of carbonyl (C=O) groups is 2. The molecule has 31 heavy (non-hydrogen) atoms. The van der Waals surface area contributed by atoms with Crippen molar-refractivity contribution >= 4 is 11.8 Å². The fourth-order valence-electron chi connectivity index (χ4n) is 3.40. The van der Waals surface area contributed by atoms with E-state index in [4.69, 9.17) is 4.74 Å². The first-order valence-electron chi connectivity index (χ1n) is 9.85. The molecule has 1 aliphatic heterocycles. The smallest absolute Gasteiger partial charge is 0.416 e. The van der Waals surface area contributed by atoms with E-state index in [0.717, 1.165) is 17.7 Å². The molecule has 2 amide bonds. The van der Waals surface area contributed by atoms with Crippen LogP contribution in [0.5, 0.6) is 5.75 Å². The topological polar surface area (TPSA) is 61.9 Å². The predicted octanol–water partition coefficient (Wildman–Crippen LogP) is 2.79. The summed E-state index contributed by atoms with van der Waals surface area (Å²) in [7, 11) is 1.58. The maximum atomic E-state index is 12.7. The lowest BCUT2D eigenvalue weighted by atomic mass is 10.1. The molecule has 0 spiro atoms. The number of piperazine rings is 1. The first-order chi connectivity index (χ1) is 14.8.